The highest BCUT2D eigenvalue weighted by Gasteiger charge is 2.34. The first kappa shape index (κ1) is 25.8. The zero-order valence-electron chi connectivity index (χ0n) is 19.4. The second kappa shape index (κ2) is 11.2. The van der Waals surface area contributed by atoms with E-state index < -0.39 is 41.2 Å². The second-order valence-corrected chi connectivity index (χ2v) is 9.37. The maximum Gasteiger partial charge on any atom is 0.194 e. The summed E-state index contributed by atoms with van der Waals surface area (Å²) in [6.45, 7) is 2.40. The van der Waals surface area contributed by atoms with Crippen LogP contribution in [0.3, 0.4) is 0 Å². The van der Waals surface area contributed by atoms with Gasteiger partial charge in [0.05, 0.1) is 13.2 Å². The molecular weight excluding hydrogens is 470 g/mol. The molecule has 1 saturated carbocycles. The largest absolute Gasteiger partial charge is 0.348 e. The molecule has 1 aliphatic heterocycles. The van der Waals surface area contributed by atoms with Crippen molar-refractivity contribution in [2.45, 2.75) is 57.7 Å². The molecule has 2 fully saturated rings. The lowest BCUT2D eigenvalue weighted by atomic mass is 9.74. The maximum absolute atomic E-state index is 14.8. The van der Waals surface area contributed by atoms with Gasteiger partial charge in [0.1, 0.15) is 11.6 Å². The molecule has 1 heterocycles. The summed E-state index contributed by atoms with van der Waals surface area (Å²) in [4.78, 5) is 0. The molecule has 190 valence electrons. The van der Waals surface area contributed by atoms with Gasteiger partial charge in [-0.25, -0.2) is 26.3 Å². The van der Waals surface area contributed by atoms with Crippen molar-refractivity contribution >= 4 is 5.83 Å². The van der Waals surface area contributed by atoms with Crippen LogP contribution in [0.15, 0.2) is 36.2 Å². The maximum atomic E-state index is 14.8. The molecule has 0 spiro atoms. The Kier molecular flexibility index (Phi) is 8.22. The van der Waals surface area contributed by atoms with Gasteiger partial charge in [0.25, 0.3) is 0 Å². The average molecular weight is 499 g/mol. The summed E-state index contributed by atoms with van der Waals surface area (Å²) in [6, 6.07) is 5.78. The van der Waals surface area contributed by atoms with Crippen molar-refractivity contribution in [3.05, 3.63) is 76.1 Å². The van der Waals surface area contributed by atoms with E-state index in [4.69, 9.17) is 9.47 Å². The number of benzene rings is 2. The second-order valence-electron chi connectivity index (χ2n) is 9.37. The van der Waals surface area contributed by atoms with Crippen LogP contribution in [-0.4, -0.2) is 13.2 Å². The Hall–Kier alpha value is -2.32. The Morgan fingerprint density at radius 1 is 0.829 bits per heavy atom. The van der Waals surface area contributed by atoms with Crippen LogP contribution in [0.25, 0.3) is 5.83 Å². The highest BCUT2D eigenvalue weighted by molar-refractivity contribution is 5.61. The van der Waals surface area contributed by atoms with Gasteiger partial charge in [-0.15, -0.1) is 0 Å². The molecule has 0 amide bonds. The number of ether oxygens (including phenoxy) is 2. The molecule has 0 bridgehead atoms. The summed E-state index contributed by atoms with van der Waals surface area (Å²) in [5, 5.41) is 0. The number of hydrogen-bond acceptors (Lipinski definition) is 2. The van der Waals surface area contributed by atoms with Crippen molar-refractivity contribution in [3.8, 4) is 0 Å². The Balaban J connectivity index is 1.32. The summed E-state index contributed by atoms with van der Waals surface area (Å²) >= 11 is 0. The molecule has 2 aromatic carbocycles. The molecule has 0 atom stereocenters. The van der Waals surface area contributed by atoms with Crippen molar-refractivity contribution in [1.82, 2.24) is 0 Å². The Morgan fingerprint density at radius 2 is 1.46 bits per heavy atom. The fourth-order valence-electron chi connectivity index (χ4n) is 5.08. The molecule has 35 heavy (non-hydrogen) atoms. The van der Waals surface area contributed by atoms with Gasteiger partial charge in [0.2, 0.25) is 0 Å². The van der Waals surface area contributed by atoms with Crippen molar-refractivity contribution in [2.24, 2.45) is 11.8 Å². The predicted octanol–water partition coefficient (Wildman–Crippen LogP) is 8.29. The molecular formula is C27H28F6O2. The SMILES string of the molecule is CCC/C(F)=C(\F)c1ccc(C2CCC(C3COC(c4cc(F)c(F)c(F)c4)OC3)CC2)c(F)c1. The predicted molar refractivity (Wildman–Crippen MR) is 120 cm³/mol. The van der Waals surface area contributed by atoms with Gasteiger partial charge in [-0.3, -0.25) is 0 Å². The summed E-state index contributed by atoms with van der Waals surface area (Å²) in [6.07, 6.45) is 2.57. The summed E-state index contributed by atoms with van der Waals surface area (Å²) in [5.74, 6) is -6.19. The van der Waals surface area contributed by atoms with E-state index in [-0.39, 0.29) is 35.3 Å². The lowest BCUT2D eigenvalue weighted by Gasteiger charge is -2.38. The van der Waals surface area contributed by atoms with Crippen LogP contribution in [0.4, 0.5) is 26.3 Å². The van der Waals surface area contributed by atoms with Crippen LogP contribution in [-0.2, 0) is 9.47 Å². The average Bonchev–Trinajstić information content (AvgIpc) is 2.87. The highest BCUT2D eigenvalue weighted by Crippen LogP contribution is 2.42. The molecule has 0 N–H and O–H groups in total. The van der Waals surface area contributed by atoms with Crippen LogP contribution in [0, 0.1) is 35.1 Å². The third-order valence-electron chi connectivity index (χ3n) is 7.04. The zero-order valence-corrected chi connectivity index (χ0v) is 19.4. The molecule has 2 aliphatic rings. The Bertz CT molecular complexity index is 1050. The molecule has 2 nitrogen and oxygen atoms in total. The molecule has 8 heteroatoms. The lowest BCUT2D eigenvalue weighted by molar-refractivity contribution is -0.214. The third-order valence-corrected chi connectivity index (χ3v) is 7.04. The van der Waals surface area contributed by atoms with Gasteiger partial charge in [-0.1, -0.05) is 19.1 Å². The standard InChI is InChI=1S/C27H28F6O2/c1-2-3-21(28)25(32)17-8-9-20(22(29)10-17)16-6-4-15(5-7-16)19-13-34-27(35-14-19)18-11-23(30)26(33)24(31)12-18/h8-12,15-16,19,27H,2-7,13-14H2,1H3/b25-21+. The highest BCUT2D eigenvalue weighted by atomic mass is 19.2. The molecule has 0 aromatic heterocycles. The third kappa shape index (κ3) is 5.75. The molecule has 4 rings (SSSR count). The topological polar surface area (TPSA) is 18.5 Å². The minimum absolute atomic E-state index is 0.0174. The van der Waals surface area contributed by atoms with E-state index in [2.05, 4.69) is 0 Å². The van der Waals surface area contributed by atoms with E-state index in [9.17, 15) is 26.3 Å². The smallest absolute Gasteiger partial charge is 0.194 e. The first-order valence-corrected chi connectivity index (χ1v) is 12.0. The Labute approximate surface area is 200 Å². The van der Waals surface area contributed by atoms with Gasteiger partial charge in [-0.05, 0) is 67.7 Å². The van der Waals surface area contributed by atoms with Gasteiger partial charge in [0.15, 0.2) is 29.6 Å². The number of rotatable bonds is 6. The first-order valence-electron chi connectivity index (χ1n) is 12.0. The molecule has 1 aliphatic carbocycles. The van der Waals surface area contributed by atoms with Crippen LogP contribution < -0.4 is 0 Å². The van der Waals surface area contributed by atoms with Crippen molar-refractivity contribution in [2.75, 3.05) is 13.2 Å². The van der Waals surface area contributed by atoms with Crippen LogP contribution in [0.1, 0.15) is 74.3 Å². The van der Waals surface area contributed by atoms with Crippen LogP contribution >= 0.6 is 0 Å². The molecule has 0 unspecified atom stereocenters. The molecule has 0 radical (unpaired) electrons. The van der Waals surface area contributed by atoms with Crippen molar-refractivity contribution < 1.29 is 35.8 Å². The Morgan fingerprint density at radius 3 is 2.03 bits per heavy atom. The van der Waals surface area contributed by atoms with E-state index in [1.54, 1.807) is 13.0 Å². The summed E-state index contributed by atoms with van der Waals surface area (Å²) in [5.41, 5.74) is 0.508. The summed E-state index contributed by atoms with van der Waals surface area (Å²) in [7, 11) is 0. The minimum Gasteiger partial charge on any atom is -0.348 e. The monoisotopic (exact) mass is 498 g/mol. The number of halogens is 6. The molecule has 2 aromatic rings. The fraction of sp³-hybridized carbons (Fsp3) is 0.481. The van der Waals surface area contributed by atoms with E-state index in [0.29, 0.717) is 25.2 Å². The van der Waals surface area contributed by atoms with Gasteiger partial charge >= 0.3 is 0 Å². The van der Waals surface area contributed by atoms with Gasteiger partial charge in [0, 0.05) is 23.5 Å². The van der Waals surface area contributed by atoms with Crippen LogP contribution in [0.5, 0.6) is 0 Å². The van der Waals surface area contributed by atoms with E-state index in [1.165, 1.54) is 6.07 Å². The quantitative estimate of drug-likeness (QED) is 0.295. The lowest BCUT2D eigenvalue weighted by Crippen LogP contribution is -2.34. The normalized spacial score (nSPS) is 25.9. The van der Waals surface area contributed by atoms with Gasteiger partial charge in [-0.2, -0.15) is 0 Å². The number of hydrogen-bond donors (Lipinski definition) is 0. The minimum atomic E-state index is -1.53. The van der Waals surface area contributed by atoms with E-state index in [1.807, 2.05) is 0 Å². The van der Waals surface area contributed by atoms with Crippen molar-refractivity contribution in [3.63, 3.8) is 0 Å². The van der Waals surface area contributed by atoms with E-state index >= 15 is 0 Å². The first-order chi connectivity index (χ1) is 16.8. The zero-order chi connectivity index (χ0) is 25.1. The number of allylic oxidation sites excluding steroid dienone is 1. The van der Waals surface area contributed by atoms with Crippen molar-refractivity contribution in [1.29, 1.82) is 0 Å². The van der Waals surface area contributed by atoms with Crippen LogP contribution in [0.2, 0.25) is 0 Å². The van der Waals surface area contributed by atoms with Gasteiger partial charge < -0.3 is 9.47 Å². The summed E-state index contributed by atoms with van der Waals surface area (Å²) < 4.78 is 94.3. The fourth-order valence-corrected chi connectivity index (χ4v) is 5.08. The molecule has 1 saturated heterocycles. The van der Waals surface area contributed by atoms with E-state index in [0.717, 1.165) is 43.9 Å².